The molecule has 18 heavy (non-hydrogen) atoms. The molecule has 0 spiro atoms. The van der Waals surface area contributed by atoms with Crippen molar-refractivity contribution in [1.29, 1.82) is 0 Å². The fourth-order valence-corrected chi connectivity index (χ4v) is 2.68. The van der Waals surface area contributed by atoms with Gasteiger partial charge >= 0.3 is 0 Å². The molecule has 0 bridgehead atoms. The first-order valence-electron chi connectivity index (χ1n) is 5.95. The predicted octanol–water partition coefficient (Wildman–Crippen LogP) is 3.35. The van der Waals surface area contributed by atoms with E-state index in [0.29, 0.717) is 6.54 Å². The minimum atomic E-state index is 0.590. The lowest BCUT2D eigenvalue weighted by atomic mass is 10.1. The van der Waals surface area contributed by atoms with E-state index in [1.54, 1.807) is 11.8 Å². The molecule has 0 atom stereocenters. The fourth-order valence-electron chi connectivity index (χ4n) is 1.69. The molecule has 1 aromatic heterocycles. The van der Waals surface area contributed by atoms with E-state index < -0.39 is 0 Å². The average Bonchev–Trinajstić information content (AvgIpc) is 2.67. The molecule has 0 saturated heterocycles. The number of aryl methyl sites for hydroxylation is 3. The summed E-state index contributed by atoms with van der Waals surface area (Å²) in [5.41, 5.74) is 10.3. The lowest BCUT2D eigenvalue weighted by Gasteiger charge is -2.06. The summed E-state index contributed by atoms with van der Waals surface area (Å²) in [6.45, 7) is 6.60. The Kier molecular flexibility index (Phi) is 4.09. The molecule has 3 nitrogen and oxygen atoms in total. The quantitative estimate of drug-likeness (QED) is 0.858. The maximum atomic E-state index is 5.62. The highest BCUT2D eigenvalue weighted by Crippen LogP contribution is 2.25. The third-order valence-electron chi connectivity index (χ3n) is 3.00. The smallest absolute Gasteiger partial charge is 0.256 e. The average molecular weight is 262 g/mol. The van der Waals surface area contributed by atoms with Gasteiger partial charge in [-0.05, 0) is 37.5 Å². The van der Waals surface area contributed by atoms with Gasteiger partial charge in [-0.2, -0.15) is 0 Å². The van der Waals surface area contributed by atoms with Gasteiger partial charge in [0.25, 0.3) is 5.22 Å². The van der Waals surface area contributed by atoms with Crippen LogP contribution in [0.2, 0.25) is 0 Å². The second kappa shape index (κ2) is 5.59. The second-order valence-corrected chi connectivity index (χ2v) is 5.30. The predicted molar refractivity (Wildman–Crippen MR) is 74.6 cm³/mol. The molecule has 4 heteroatoms. The standard InChI is InChI=1S/C14H18N2OS/c1-9-6-12(7-15)4-5-13(9)8-18-14-16-10(2)11(3)17-14/h4-6H,7-8,15H2,1-3H3. The third kappa shape index (κ3) is 2.94. The molecule has 96 valence electrons. The number of thioether (sulfide) groups is 1. The summed E-state index contributed by atoms with van der Waals surface area (Å²) in [5, 5.41) is 0.743. The number of benzene rings is 1. The summed E-state index contributed by atoms with van der Waals surface area (Å²) in [5.74, 6) is 1.77. The maximum Gasteiger partial charge on any atom is 0.256 e. The van der Waals surface area contributed by atoms with Crippen molar-refractivity contribution in [2.24, 2.45) is 5.73 Å². The molecule has 1 aromatic carbocycles. The molecule has 0 radical (unpaired) electrons. The summed E-state index contributed by atoms with van der Waals surface area (Å²) in [6, 6.07) is 6.35. The van der Waals surface area contributed by atoms with Gasteiger partial charge in [0.2, 0.25) is 0 Å². The van der Waals surface area contributed by atoms with Crippen LogP contribution >= 0.6 is 11.8 Å². The van der Waals surface area contributed by atoms with E-state index in [1.807, 2.05) is 13.8 Å². The zero-order valence-electron chi connectivity index (χ0n) is 11.0. The minimum Gasteiger partial charge on any atom is -0.437 e. The first-order valence-corrected chi connectivity index (χ1v) is 6.94. The molecule has 1 heterocycles. The minimum absolute atomic E-state index is 0.590. The van der Waals surface area contributed by atoms with Crippen LogP contribution in [0.4, 0.5) is 0 Å². The highest BCUT2D eigenvalue weighted by Gasteiger charge is 2.07. The molecule has 0 fully saturated rings. The van der Waals surface area contributed by atoms with E-state index in [1.165, 1.54) is 16.7 Å². The van der Waals surface area contributed by atoms with Gasteiger partial charge in [0.05, 0.1) is 5.69 Å². The molecule has 0 aliphatic carbocycles. The van der Waals surface area contributed by atoms with Crippen molar-refractivity contribution in [3.05, 3.63) is 46.3 Å². The first kappa shape index (κ1) is 13.2. The maximum absolute atomic E-state index is 5.62. The summed E-state index contributed by atoms with van der Waals surface area (Å²) in [4.78, 5) is 4.36. The van der Waals surface area contributed by atoms with Crippen molar-refractivity contribution < 1.29 is 4.42 Å². The van der Waals surface area contributed by atoms with Crippen LogP contribution in [-0.2, 0) is 12.3 Å². The number of nitrogens with two attached hydrogens (primary N) is 1. The number of aromatic nitrogens is 1. The van der Waals surface area contributed by atoms with Gasteiger partial charge in [0.15, 0.2) is 0 Å². The number of rotatable bonds is 4. The zero-order chi connectivity index (χ0) is 13.1. The van der Waals surface area contributed by atoms with Crippen LogP contribution in [0, 0.1) is 20.8 Å². The van der Waals surface area contributed by atoms with E-state index in [2.05, 4.69) is 30.1 Å². The van der Waals surface area contributed by atoms with Crippen molar-refractivity contribution in [1.82, 2.24) is 4.98 Å². The molecule has 2 rings (SSSR count). The van der Waals surface area contributed by atoms with E-state index in [4.69, 9.17) is 10.2 Å². The third-order valence-corrected chi connectivity index (χ3v) is 3.88. The first-order chi connectivity index (χ1) is 8.60. The molecular weight excluding hydrogens is 244 g/mol. The topological polar surface area (TPSA) is 52.0 Å². The Morgan fingerprint density at radius 2 is 2.06 bits per heavy atom. The van der Waals surface area contributed by atoms with Gasteiger partial charge < -0.3 is 10.2 Å². The van der Waals surface area contributed by atoms with Crippen molar-refractivity contribution in [3.8, 4) is 0 Å². The Hall–Kier alpha value is -1.26. The summed E-state index contributed by atoms with van der Waals surface area (Å²) < 4.78 is 5.55. The normalized spacial score (nSPS) is 10.9. The Balaban J connectivity index is 2.06. The Morgan fingerprint density at radius 1 is 1.28 bits per heavy atom. The highest BCUT2D eigenvalue weighted by atomic mass is 32.2. The van der Waals surface area contributed by atoms with Crippen molar-refractivity contribution in [3.63, 3.8) is 0 Å². The number of hydrogen-bond donors (Lipinski definition) is 1. The van der Waals surface area contributed by atoms with Gasteiger partial charge in [-0.3, -0.25) is 0 Å². The molecule has 0 aliphatic rings. The number of oxazole rings is 1. The van der Waals surface area contributed by atoms with E-state index in [-0.39, 0.29) is 0 Å². The zero-order valence-corrected chi connectivity index (χ0v) is 11.8. The molecule has 2 N–H and O–H groups in total. The van der Waals surface area contributed by atoms with E-state index in [9.17, 15) is 0 Å². The van der Waals surface area contributed by atoms with Crippen LogP contribution in [0.3, 0.4) is 0 Å². The highest BCUT2D eigenvalue weighted by molar-refractivity contribution is 7.98. The molecule has 0 unspecified atom stereocenters. The monoisotopic (exact) mass is 262 g/mol. The van der Waals surface area contributed by atoms with Crippen molar-refractivity contribution in [2.45, 2.75) is 38.3 Å². The summed E-state index contributed by atoms with van der Waals surface area (Å²) >= 11 is 1.63. The van der Waals surface area contributed by atoms with Gasteiger partial charge in [-0.25, -0.2) is 4.98 Å². The van der Waals surface area contributed by atoms with Gasteiger partial charge in [0, 0.05) is 12.3 Å². The van der Waals surface area contributed by atoms with Crippen LogP contribution in [0.25, 0.3) is 0 Å². The van der Waals surface area contributed by atoms with E-state index >= 15 is 0 Å². The second-order valence-electron chi connectivity index (χ2n) is 4.38. The molecule has 0 saturated carbocycles. The molecule has 0 aliphatic heterocycles. The SMILES string of the molecule is Cc1cc(CN)ccc1CSc1nc(C)c(C)o1. The summed E-state index contributed by atoms with van der Waals surface area (Å²) in [6.07, 6.45) is 0. The Bertz CT molecular complexity index is 529. The van der Waals surface area contributed by atoms with Crippen LogP contribution < -0.4 is 5.73 Å². The van der Waals surface area contributed by atoms with Crippen LogP contribution in [0.1, 0.15) is 28.1 Å². The molecular formula is C14H18N2OS. The Morgan fingerprint density at radius 3 is 2.61 bits per heavy atom. The van der Waals surface area contributed by atoms with Crippen LogP contribution in [0.15, 0.2) is 27.8 Å². The fraction of sp³-hybridized carbons (Fsp3) is 0.357. The summed E-state index contributed by atoms with van der Waals surface area (Å²) in [7, 11) is 0. The van der Waals surface area contributed by atoms with Crippen LogP contribution in [0.5, 0.6) is 0 Å². The van der Waals surface area contributed by atoms with Gasteiger partial charge in [0.1, 0.15) is 5.76 Å². The van der Waals surface area contributed by atoms with Gasteiger partial charge in [-0.15, -0.1) is 0 Å². The lowest BCUT2D eigenvalue weighted by Crippen LogP contribution is -1.97. The Labute approximate surface area is 112 Å². The largest absolute Gasteiger partial charge is 0.437 e. The number of hydrogen-bond acceptors (Lipinski definition) is 4. The van der Waals surface area contributed by atoms with E-state index in [0.717, 1.165) is 22.4 Å². The lowest BCUT2D eigenvalue weighted by molar-refractivity contribution is 0.431. The van der Waals surface area contributed by atoms with Crippen LogP contribution in [-0.4, -0.2) is 4.98 Å². The van der Waals surface area contributed by atoms with Gasteiger partial charge in [-0.1, -0.05) is 30.0 Å². The molecule has 0 amide bonds. The molecule has 2 aromatic rings. The number of nitrogens with zero attached hydrogens (tertiary/aromatic N) is 1. The van der Waals surface area contributed by atoms with Crippen molar-refractivity contribution in [2.75, 3.05) is 0 Å². The van der Waals surface area contributed by atoms with Crippen molar-refractivity contribution >= 4 is 11.8 Å².